The second-order valence-electron chi connectivity index (χ2n) is 7.09. The van der Waals surface area contributed by atoms with Gasteiger partial charge in [0.05, 0.1) is 17.8 Å². The minimum absolute atomic E-state index is 0.00333. The Morgan fingerprint density at radius 3 is 2.29 bits per heavy atom. The molecule has 2 heterocycles. The zero-order chi connectivity index (χ0) is 20.3. The van der Waals surface area contributed by atoms with Crippen molar-refractivity contribution in [1.29, 1.82) is 0 Å². The molecule has 3 rings (SSSR count). The van der Waals surface area contributed by atoms with Gasteiger partial charge in [0.15, 0.2) is 5.11 Å². The van der Waals surface area contributed by atoms with Gasteiger partial charge in [-0.25, -0.2) is 4.39 Å². The second kappa shape index (κ2) is 8.50. The Balaban J connectivity index is 1.85. The van der Waals surface area contributed by atoms with E-state index in [1.165, 1.54) is 12.3 Å². The van der Waals surface area contributed by atoms with Gasteiger partial charge < -0.3 is 15.5 Å². The van der Waals surface area contributed by atoms with Gasteiger partial charge in [-0.2, -0.15) is 18.3 Å². The highest BCUT2D eigenvalue weighted by Crippen LogP contribution is 2.37. The minimum Gasteiger partial charge on any atom is -0.375 e. The Hall–Kier alpha value is -2.10. The lowest BCUT2D eigenvalue weighted by Gasteiger charge is -2.35. The number of benzene rings is 1. The molecule has 5 nitrogen and oxygen atoms in total. The van der Waals surface area contributed by atoms with Crippen LogP contribution in [-0.2, 0) is 0 Å². The van der Waals surface area contributed by atoms with Crippen molar-refractivity contribution in [3.05, 3.63) is 23.5 Å². The topological polar surface area (TPSA) is 56.9 Å². The number of hydrogen-bond acceptors (Lipinski definition) is 4. The molecule has 3 N–H and O–H groups in total. The monoisotopic (exact) mass is 417 g/mol. The van der Waals surface area contributed by atoms with Crippen molar-refractivity contribution in [3.63, 3.8) is 0 Å². The van der Waals surface area contributed by atoms with Crippen molar-refractivity contribution < 1.29 is 17.6 Å². The fourth-order valence-electron chi connectivity index (χ4n) is 3.76. The van der Waals surface area contributed by atoms with Crippen LogP contribution in [0.4, 0.5) is 28.9 Å². The first kappa shape index (κ1) is 20.6. The fraction of sp³-hybridized carbons (Fsp3) is 0.556. The summed E-state index contributed by atoms with van der Waals surface area (Å²) in [5.41, 5.74) is 9.50. The average molecular weight is 417 g/mol. The summed E-state index contributed by atoms with van der Waals surface area (Å²) in [4.78, 5) is 3.83. The quantitative estimate of drug-likeness (QED) is 0.341. The number of rotatable bonds is 4. The molecule has 0 amide bonds. The van der Waals surface area contributed by atoms with E-state index in [1.807, 2.05) is 0 Å². The van der Waals surface area contributed by atoms with E-state index in [-0.39, 0.29) is 31.0 Å². The molecular weight excluding hydrogens is 394 g/mol. The van der Waals surface area contributed by atoms with E-state index in [9.17, 15) is 17.6 Å². The van der Waals surface area contributed by atoms with E-state index in [1.54, 1.807) is 11.0 Å². The lowest BCUT2D eigenvalue weighted by atomic mass is 9.95. The van der Waals surface area contributed by atoms with E-state index in [4.69, 9.17) is 18.0 Å². The molecule has 0 aromatic heterocycles. The molecule has 0 bridgehead atoms. The van der Waals surface area contributed by atoms with Gasteiger partial charge in [-0.05, 0) is 50.0 Å². The third kappa shape index (κ3) is 4.84. The Morgan fingerprint density at radius 1 is 1.11 bits per heavy atom. The number of anilines is 2. The molecule has 1 aromatic carbocycles. The van der Waals surface area contributed by atoms with Crippen LogP contribution < -0.4 is 21.0 Å². The Morgan fingerprint density at radius 2 is 1.71 bits per heavy atom. The second-order valence-corrected chi connectivity index (χ2v) is 7.53. The SMILES string of the molecule is NC(=S)N/N=C/c1cc(F)c(N2CCC(C(F)(F)F)CC2)cc1N1CCCC1. The Kier molecular flexibility index (Phi) is 6.26. The van der Waals surface area contributed by atoms with Crippen molar-refractivity contribution in [3.8, 4) is 0 Å². The van der Waals surface area contributed by atoms with Crippen molar-refractivity contribution in [1.82, 2.24) is 5.43 Å². The van der Waals surface area contributed by atoms with E-state index in [2.05, 4.69) is 15.4 Å². The van der Waals surface area contributed by atoms with Crippen LogP contribution in [0.5, 0.6) is 0 Å². The first-order chi connectivity index (χ1) is 13.3. The fourth-order valence-corrected chi connectivity index (χ4v) is 3.81. The van der Waals surface area contributed by atoms with Gasteiger partial charge in [-0.1, -0.05) is 0 Å². The van der Waals surface area contributed by atoms with E-state index >= 15 is 0 Å². The van der Waals surface area contributed by atoms with Crippen LogP contribution >= 0.6 is 12.2 Å². The van der Waals surface area contributed by atoms with Crippen LogP contribution in [0.15, 0.2) is 17.2 Å². The van der Waals surface area contributed by atoms with Gasteiger partial charge in [-0.15, -0.1) is 0 Å². The first-order valence-corrected chi connectivity index (χ1v) is 9.65. The predicted octanol–water partition coefficient (Wildman–Crippen LogP) is 3.37. The van der Waals surface area contributed by atoms with Crippen molar-refractivity contribution in [2.24, 2.45) is 16.8 Å². The summed E-state index contributed by atoms with van der Waals surface area (Å²) in [6, 6.07) is 3.08. The molecule has 2 fully saturated rings. The van der Waals surface area contributed by atoms with Crippen LogP contribution in [0, 0.1) is 11.7 Å². The highest BCUT2D eigenvalue weighted by atomic mass is 32.1. The highest BCUT2D eigenvalue weighted by Gasteiger charge is 2.41. The maximum atomic E-state index is 14.8. The van der Waals surface area contributed by atoms with Crippen molar-refractivity contribution in [2.75, 3.05) is 36.0 Å². The molecule has 0 saturated carbocycles. The molecular formula is C18H23F4N5S. The molecule has 28 heavy (non-hydrogen) atoms. The number of hydrazone groups is 1. The molecule has 2 aliphatic heterocycles. The highest BCUT2D eigenvalue weighted by molar-refractivity contribution is 7.80. The molecule has 0 atom stereocenters. The van der Waals surface area contributed by atoms with Gasteiger partial charge in [0, 0.05) is 37.4 Å². The summed E-state index contributed by atoms with van der Waals surface area (Å²) < 4.78 is 53.5. The molecule has 2 aliphatic rings. The van der Waals surface area contributed by atoms with Crippen LogP contribution in [0.2, 0.25) is 0 Å². The average Bonchev–Trinajstić information content (AvgIpc) is 3.15. The van der Waals surface area contributed by atoms with Crippen LogP contribution in [-0.4, -0.2) is 43.7 Å². The molecule has 0 radical (unpaired) electrons. The predicted molar refractivity (Wildman–Crippen MR) is 106 cm³/mol. The Bertz CT molecular complexity index is 738. The number of halogens is 4. The Labute approximate surface area is 166 Å². The van der Waals surface area contributed by atoms with Crippen molar-refractivity contribution >= 4 is 34.9 Å². The van der Waals surface area contributed by atoms with Gasteiger partial charge in [-0.3, -0.25) is 5.43 Å². The van der Waals surface area contributed by atoms with Gasteiger partial charge in [0.25, 0.3) is 0 Å². The molecule has 0 unspecified atom stereocenters. The summed E-state index contributed by atoms with van der Waals surface area (Å²) in [5, 5.41) is 3.92. The van der Waals surface area contributed by atoms with Crippen molar-refractivity contribution in [2.45, 2.75) is 31.9 Å². The van der Waals surface area contributed by atoms with E-state index in [0.717, 1.165) is 31.6 Å². The maximum Gasteiger partial charge on any atom is 0.391 e. The number of thiocarbonyl (C=S) groups is 1. The number of nitrogens with one attached hydrogen (secondary N) is 1. The first-order valence-electron chi connectivity index (χ1n) is 9.24. The number of hydrogen-bond donors (Lipinski definition) is 2. The summed E-state index contributed by atoms with van der Waals surface area (Å²) in [7, 11) is 0. The third-order valence-corrected chi connectivity index (χ3v) is 5.31. The van der Waals surface area contributed by atoms with Gasteiger partial charge in [0.1, 0.15) is 5.82 Å². The summed E-state index contributed by atoms with van der Waals surface area (Å²) in [5.74, 6) is -1.80. The summed E-state index contributed by atoms with van der Waals surface area (Å²) in [6.45, 7) is 2.03. The minimum atomic E-state index is -4.19. The van der Waals surface area contributed by atoms with Crippen LogP contribution in [0.3, 0.4) is 0 Å². The van der Waals surface area contributed by atoms with Gasteiger partial charge in [0.2, 0.25) is 0 Å². The number of alkyl halides is 3. The number of nitrogens with zero attached hydrogens (tertiary/aromatic N) is 3. The number of nitrogens with two attached hydrogens (primary N) is 1. The normalized spacial score (nSPS) is 18.9. The molecule has 1 aromatic rings. The largest absolute Gasteiger partial charge is 0.391 e. The van der Waals surface area contributed by atoms with Gasteiger partial charge >= 0.3 is 6.18 Å². The van der Waals surface area contributed by atoms with E-state index in [0.29, 0.717) is 11.3 Å². The summed E-state index contributed by atoms with van der Waals surface area (Å²) >= 11 is 4.70. The van der Waals surface area contributed by atoms with E-state index < -0.39 is 17.9 Å². The third-order valence-electron chi connectivity index (χ3n) is 5.22. The van der Waals surface area contributed by atoms with Crippen LogP contribution in [0.25, 0.3) is 0 Å². The molecule has 10 heteroatoms. The number of piperidine rings is 1. The molecule has 0 aliphatic carbocycles. The zero-order valence-corrected chi connectivity index (χ0v) is 16.1. The molecule has 154 valence electrons. The maximum absolute atomic E-state index is 14.8. The lowest BCUT2D eigenvalue weighted by Crippen LogP contribution is -2.39. The summed E-state index contributed by atoms with van der Waals surface area (Å²) in [6.07, 6.45) is -0.721. The standard InChI is InChI=1S/C18H23F4N5S/c19-14-9-12(11-24-25-17(23)28)15(26-5-1-2-6-26)10-16(14)27-7-3-13(4-8-27)18(20,21)22/h9-11,13H,1-8H2,(H3,23,25,28)/b24-11+. The van der Waals surface area contributed by atoms with Crippen LogP contribution in [0.1, 0.15) is 31.2 Å². The smallest absolute Gasteiger partial charge is 0.375 e. The lowest BCUT2D eigenvalue weighted by molar-refractivity contribution is -0.179. The molecule has 0 spiro atoms. The molecule has 2 saturated heterocycles. The zero-order valence-electron chi connectivity index (χ0n) is 15.3.